The predicted molar refractivity (Wildman–Crippen MR) is 114 cm³/mol. The van der Waals surface area contributed by atoms with Crippen molar-refractivity contribution in [3.05, 3.63) is 101 Å². The van der Waals surface area contributed by atoms with Crippen molar-refractivity contribution in [2.75, 3.05) is 0 Å². The van der Waals surface area contributed by atoms with Gasteiger partial charge < -0.3 is 9.15 Å². The van der Waals surface area contributed by atoms with Crippen molar-refractivity contribution in [2.24, 2.45) is 5.10 Å². The first kappa shape index (κ1) is 18.8. The van der Waals surface area contributed by atoms with E-state index in [0.29, 0.717) is 23.0 Å². The van der Waals surface area contributed by atoms with Crippen LogP contribution in [0.3, 0.4) is 0 Å². The van der Waals surface area contributed by atoms with Crippen molar-refractivity contribution < 1.29 is 13.9 Å². The molecule has 144 valence electrons. The quantitative estimate of drug-likeness (QED) is 0.344. The number of hydrazone groups is 1. The minimum absolute atomic E-state index is 0.204. The molecule has 0 fully saturated rings. The fourth-order valence-electron chi connectivity index (χ4n) is 2.77. The maximum Gasteiger partial charge on any atom is 0.307 e. The maximum absolute atomic E-state index is 12.3. The van der Waals surface area contributed by atoms with E-state index < -0.39 is 5.91 Å². The second-order valence-electron chi connectivity index (χ2n) is 6.30. The van der Waals surface area contributed by atoms with E-state index in [0.717, 1.165) is 16.5 Å². The van der Waals surface area contributed by atoms with Crippen molar-refractivity contribution in [1.82, 2.24) is 5.43 Å². The Hall–Kier alpha value is -3.57. The molecule has 0 unspecified atom stereocenters. The molecule has 1 amide bonds. The van der Waals surface area contributed by atoms with E-state index in [-0.39, 0.29) is 5.76 Å². The van der Waals surface area contributed by atoms with E-state index in [1.165, 1.54) is 6.21 Å². The fraction of sp³-hybridized carbons (Fsp3) is 0.0435. The van der Waals surface area contributed by atoms with Crippen LogP contribution in [0.25, 0.3) is 11.0 Å². The molecule has 1 N–H and O–H groups in total. The number of ether oxygens (including phenoxy) is 1. The van der Waals surface area contributed by atoms with Crippen LogP contribution in [0.1, 0.15) is 21.7 Å². The number of benzene rings is 3. The number of carbonyl (C=O) groups is 1. The molecule has 4 aromatic rings. The van der Waals surface area contributed by atoms with Crippen LogP contribution in [0.15, 0.2) is 88.4 Å². The van der Waals surface area contributed by atoms with Crippen LogP contribution in [0.2, 0.25) is 5.02 Å². The van der Waals surface area contributed by atoms with Gasteiger partial charge in [-0.25, -0.2) is 5.43 Å². The Morgan fingerprint density at radius 1 is 1.03 bits per heavy atom. The van der Waals surface area contributed by atoms with Gasteiger partial charge in [0.1, 0.15) is 17.9 Å². The molecule has 0 aliphatic carbocycles. The molecule has 4 rings (SSSR count). The molecule has 29 heavy (non-hydrogen) atoms. The van der Waals surface area contributed by atoms with Crippen molar-refractivity contribution in [3.8, 4) is 5.75 Å². The zero-order valence-electron chi connectivity index (χ0n) is 15.3. The lowest BCUT2D eigenvalue weighted by atomic mass is 10.2. The number of rotatable bonds is 6. The molecule has 0 radical (unpaired) electrons. The van der Waals surface area contributed by atoms with Crippen LogP contribution in [0, 0.1) is 0 Å². The highest BCUT2D eigenvalue weighted by Crippen LogP contribution is 2.20. The van der Waals surface area contributed by atoms with E-state index in [1.807, 2.05) is 72.8 Å². The van der Waals surface area contributed by atoms with E-state index in [1.54, 1.807) is 6.07 Å². The molecule has 0 aliphatic heterocycles. The molecular formula is C23H17ClN2O3. The van der Waals surface area contributed by atoms with Crippen LogP contribution in [-0.2, 0) is 6.61 Å². The normalized spacial score (nSPS) is 11.1. The Balaban J connectivity index is 1.41. The summed E-state index contributed by atoms with van der Waals surface area (Å²) in [4.78, 5) is 12.3. The van der Waals surface area contributed by atoms with Crippen LogP contribution < -0.4 is 10.2 Å². The summed E-state index contributed by atoms with van der Waals surface area (Å²) in [6.45, 7) is 0.396. The van der Waals surface area contributed by atoms with E-state index in [9.17, 15) is 4.79 Å². The van der Waals surface area contributed by atoms with Crippen molar-refractivity contribution in [2.45, 2.75) is 6.61 Å². The molecule has 0 bridgehead atoms. The van der Waals surface area contributed by atoms with Gasteiger partial charge in [0.2, 0.25) is 0 Å². The summed E-state index contributed by atoms with van der Waals surface area (Å²) in [6, 6.07) is 24.0. The standard InChI is InChI=1S/C23H17ClN2O3/c24-19-11-9-16(10-12-19)15-28-20-7-3-2-6-18(20)14-25-26-23(27)22-13-17-5-1-4-8-21(17)29-22/h1-14H,15H2,(H,26,27)/b25-14+. The Morgan fingerprint density at radius 2 is 1.79 bits per heavy atom. The second-order valence-corrected chi connectivity index (χ2v) is 6.74. The summed E-state index contributed by atoms with van der Waals surface area (Å²) in [6.07, 6.45) is 1.54. The lowest BCUT2D eigenvalue weighted by Crippen LogP contribution is -2.16. The molecular weight excluding hydrogens is 388 g/mol. The summed E-state index contributed by atoms with van der Waals surface area (Å²) in [5, 5.41) is 5.58. The van der Waals surface area contributed by atoms with Gasteiger partial charge in [0.25, 0.3) is 0 Å². The molecule has 0 spiro atoms. The molecule has 6 heteroatoms. The molecule has 0 aliphatic rings. The Labute approximate surface area is 172 Å². The lowest BCUT2D eigenvalue weighted by molar-refractivity contribution is 0.0929. The highest BCUT2D eigenvalue weighted by Gasteiger charge is 2.11. The highest BCUT2D eigenvalue weighted by atomic mass is 35.5. The summed E-state index contributed by atoms with van der Waals surface area (Å²) in [5.74, 6) is 0.442. The van der Waals surface area contributed by atoms with Crippen LogP contribution in [0.5, 0.6) is 5.75 Å². The van der Waals surface area contributed by atoms with Crippen molar-refractivity contribution in [1.29, 1.82) is 0 Å². The van der Waals surface area contributed by atoms with Crippen LogP contribution in [0.4, 0.5) is 0 Å². The molecule has 0 atom stereocenters. The molecule has 1 aromatic heterocycles. The van der Waals surface area contributed by atoms with Gasteiger partial charge in [0.05, 0.1) is 6.21 Å². The smallest absolute Gasteiger partial charge is 0.307 e. The predicted octanol–water partition coefficient (Wildman–Crippen LogP) is 5.43. The van der Waals surface area contributed by atoms with Gasteiger partial charge in [0.15, 0.2) is 5.76 Å². The monoisotopic (exact) mass is 404 g/mol. The van der Waals surface area contributed by atoms with Gasteiger partial charge in [0, 0.05) is 16.0 Å². The first-order valence-corrected chi connectivity index (χ1v) is 9.35. The first-order chi connectivity index (χ1) is 14.2. The number of hydrogen-bond donors (Lipinski definition) is 1. The number of fused-ring (bicyclic) bond motifs is 1. The molecule has 3 aromatic carbocycles. The van der Waals surface area contributed by atoms with Gasteiger partial charge in [-0.2, -0.15) is 5.10 Å². The molecule has 0 saturated carbocycles. The summed E-state index contributed by atoms with van der Waals surface area (Å²) < 4.78 is 11.4. The molecule has 0 saturated heterocycles. The Kier molecular flexibility index (Phi) is 5.59. The largest absolute Gasteiger partial charge is 0.488 e. The zero-order chi connectivity index (χ0) is 20.1. The number of nitrogens with one attached hydrogen (secondary N) is 1. The van der Waals surface area contributed by atoms with Gasteiger partial charge in [-0.05, 0) is 42.0 Å². The molecule has 1 heterocycles. The van der Waals surface area contributed by atoms with Gasteiger partial charge in [-0.1, -0.05) is 54.1 Å². The minimum atomic E-state index is -0.419. The van der Waals surface area contributed by atoms with Crippen molar-refractivity contribution in [3.63, 3.8) is 0 Å². The number of halogens is 1. The number of nitrogens with zero attached hydrogens (tertiary/aromatic N) is 1. The minimum Gasteiger partial charge on any atom is -0.488 e. The highest BCUT2D eigenvalue weighted by molar-refractivity contribution is 6.30. The third-order valence-electron chi connectivity index (χ3n) is 4.25. The topological polar surface area (TPSA) is 63.8 Å². The van der Waals surface area contributed by atoms with E-state index >= 15 is 0 Å². The average molecular weight is 405 g/mol. The fourth-order valence-corrected chi connectivity index (χ4v) is 2.90. The Bertz CT molecular complexity index is 1130. The summed E-state index contributed by atoms with van der Waals surface area (Å²) >= 11 is 5.90. The molecule has 5 nitrogen and oxygen atoms in total. The summed E-state index contributed by atoms with van der Waals surface area (Å²) in [5.41, 5.74) is 4.88. The van der Waals surface area contributed by atoms with Gasteiger partial charge in [-0.3, -0.25) is 4.79 Å². The number of para-hydroxylation sites is 2. The van der Waals surface area contributed by atoms with Gasteiger partial charge >= 0.3 is 5.91 Å². The van der Waals surface area contributed by atoms with Gasteiger partial charge in [-0.15, -0.1) is 0 Å². The maximum atomic E-state index is 12.3. The average Bonchev–Trinajstić information content (AvgIpc) is 3.18. The van der Waals surface area contributed by atoms with E-state index in [4.69, 9.17) is 20.8 Å². The Morgan fingerprint density at radius 3 is 2.62 bits per heavy atom. The number of hydrogen-bond acceptors (Lipinski definition) is 4. The first-order valence-electron chi connectivity index (χ1n) is 8.97. The van der Waals surface area contributed by atoms with E-state index in [2.05, 4.69) is 10.5 Å². The number of furan rings is 1. The lowest BCUT2D eigenvalue weighted by Gasteiger charge is -2.09. The SMILES string of the molecule is O=C(N/N=C/c1ccccc1OCc1ccc(Cl)cc1)c1cc2ccccc2o1. The summed E-state index contributed by atoms with van der Waals surface area (Å²) in [7, 11) is 0. The van der Waals surface area contributed by atoms with Crippen LogP contribution in [-0.4, -0.2) is 12.1 Å². The number of carbonyl (C=O) groups excluding carboxylic acids is 1. The van der Waals surface area contributed by atoms with Crippen LogP contribution >= 0.6 is 11.6 Å². The van der Waals surface area contributed by atoms with Crippen molar-refractivity contribution >= 4 is 34.7 Å². The number of amides is 1. The second kappa shape index (κ2) is 8.63. The third-order valence-corrected chi connectivity index (χ3v) is 4.50. The zero-order valence-corrected chi connectivity index (χ0v) is 16.1. The third kappa shape index (κ3) is 4.65.